The van der Waals surface area contributed by atoms with Gasteiger partial charge in [-0.2, -0.15) is 5.10 Å². The Balaban J connectivity index is 2.01. The van der Waals surface area contributed by atoms with E-state index in [1.165, 1.54) is 0 Å². The molecule has 1 saturated carbocycles. The van der Waals surface area contributed by atoms with Gasteiger partial charge < -0.3 is 11.1 Å². The fourth-order valence-electron chi connectivity index (χ4n) is 2.65. The van der Waals surface area contributed by atoms with Gasteiger partial charge in [-0.1, -0.05) is 19.3 Å². The molecule has 1 aromatic rings. The van der Waals surface area contributed by atoms with Gasteiger partial charge in [-0.3, -0.25) is 14.3 Å². The topological polar surface area (TPSA) is 90.0 Å². The Hall–Kier alpha value is -1.85. The van der Waals surface area contributed by atoms with E-state index in [0.717, 1.165) is 24.8 Å². The highest BCUT2D eigenvalue weighted by Crippen LogP contribution is 2.28. The van der Waals surface area contributed by atoms with Crippen LogP contribution in [-0.2, 0) is 23.1 Å². The van der Waals surface area contributed by atoms with Crippen molar-refractivity contribution in [2.24, 2.45) is 12.8 Å². The van der Waals surface area contributed by atoms with E-state index < -0.39 is 11.4 Å². The van der Waals surface area contributed by atoms with Crippen molar-refractivity contribution in [3.8, 4) is 0 Å². The monoisotopic (exact) mass is 264 g/mol. The standard InChI is InChI=1S/C13H20N4O2/c1-17-9-10(8-15-17)7-11(18)16-13(12(14)19)5-3-2-4-6-13/h8-9H,2-7H2,1H3,(H2,14,19)(H,16,18). The van der Waals surface area contributed by atoms with Crippen LogP contribution in [0.1, 0.15) is 37.7 Å². The predicted molar refractivity (Wildman–Crippen MR) is 70.1 cm³/mol. The minimum Gasteiger partial charge on any atom is -0.368 e. The smallest absolute Gasteiger partial charge is 0.243 e. The molecule has 3 N–H and O–H groups in total. The molecule has 6 heteroatoms. The molecule has 2 amide bonds. The molecule has 1 fully saturated rings. The van der Waals surface area contributed by atoms with Crippen LogP contribution < -0.4 is 11.1 Å². The van der Waals surface area contributed by atoms with Gasteiger partial charge in [-0.25, -0.2) is 0 Å². The summed E-state index contributed by atoms with van der Waals surface area (Å²) in [5.74, 6) is -0.597. The maximum atomic E-state index is 12.0. The van der Waals surface area contributed by atoms with E-state index in [9.17, 15) is 9.59 Å². The molecule has 0 unspecified atom stereocenters. The second kappa shape index (κ2) is 5.42. The number of hydrogen-bond donors (Lipinski definition) is 2. The lowest BCUT2D eigenvalue weighted by molar-refractivity contribution is -0.132. The maximum absolute atomic E-state index is 12.0. The number of nitrogens with one attached hydrogen (secondary N) is 1. The number of carbonyl (C=O) groups is 2. The molecule has 104 valence electrons. The second-order valence-corrected chi connectivity index (χ2v) is 5.25. The molecule has 19 heavy (non-hydrogen) atoms. The number of carbonyl (C=O) groups excluding carboxylic acids is 2. The third-order valence-corrected chi connectivity index (χ3v) is 3.68. The third-order valence-electron chi connectivity index (χ3n) is 3.68. The normalized spacial score (nSPS) is 17.9. The molecule has 0 aromatic carbocycles. The van der Waals surface area contributed by atoms with Gasteiger partial charge in [0, 0.05) is 13.2 Å². The molecule has 0 saturated heterocycles. The molecule has 1 aliphatic carbocycles. The first-order valence-electron chi connectivity index (χ1n) is 6.60. The first kappa shape index (κ1) is 13.6. The first-order chi connectivity index (χ1) is 9.02. The molecule has 1 heterocycles. The molecule has 0 atom stereocenters. The number of aromatic nitrogens is 2. The van der Waals surface area contributed by atoms with Gasteiger partial charge in [0.2, 0.25) is 11.8 Å². The fourth-order valence-corrected chi connectivity index (χ4v) is 2.65. The molecule has 0 aliphatic heterocycles. The van der Waals surface area contributed by atoms with Gasteiger partial charge in [0.1, 0.15) is 5.54 Å². The summed E-state index contributed by atoms with van der Waals surface area (Å²) in [6, 6.07) is 0. The van der Waals surface area contributed by atoms with Gasteiger partial charge in [-0.05, 0) is 18.4 Å². The van der Waals surface area contributed by atoms with Gasteiger partial charge >= 0.3 is 0 Å². The summed E-state index contributed by atoms with van der Waals surface area (Å²) in [4.78, 5) is 23.7. The minimum absolute atomic E-state index is 0.172. The highest BCUT2D eigenvalue weighted by molar-refractivity contribution is 5.91. The Morgan fingerprint density at radius 1 is 1.42 bits per heavy atom. The average molecular weight is 264 g/mol. The van der Waals surface area contributed by atoms with Crippen molar-refractivity contribution in [2.75, 3.05) is 0 Å². The molecule has 1 aliphatic rings. The first-order valence-corrected chi connectivity index (χ1v) is 6.60. The quantitative estimate of drug-likeness (QED) is 0.817. The van der Waals surface area contributed by atoms with E-state index in [1.54, 1.807) is 24.1 Å². The molecule has 1 aromatic heterocycles. The lowest BCUT2D eigenvalue weighted by Crippen LogP contribution is -2.58. The summed E-state index contributed by atoms with van der Waals surface area (Å²) < 4.78 is 1.65. The largest absolute Gasteiger partial charge is 0.368 e. The summed E-state index contributed by atoms with van der Waals surface area (Å²) in [6.07, 6.45) is 7.89. The van der Waals surface area contributed by atoms with Gasteiger partial charge in [0.25, 0.3) is 0 Å². The number of primary amides is 1. The van der Waals surface area contributed by atoms with Gasteiger partial charge in [0.05, 0.1) is 12.6 Å². The van der Waals surface area contributed by atoms with Crippen molar-refractivity contribution in [2.45, 2.75) is 44.1 Å². The number of hydrogen-bond acceptors (Lipinski definition) is 3. The van der Waals surface area contributed by atoms with Crippen molar-refractivity contribution in [1.29, 1.82) is 0 Å². The Labute approximate surface area is 112 Å². The zero-order valence-electron chi connectivity index (χ0n) is 11.2. The third kappa shape index (κ3) is 3.13. The van der Waals surface area contributed by atoms with Crippen LogP contribution in [0, 0.1) is 0 Å². The molecule has 2 rings (SSSR count). The van der Waals surface area contributed by atoms with E-state index >= 15 is 0 Å². The van der Waals surface area contributed by atoms with Crippen molar-refractivity contribution >= 4 is 11.8 Å². The van der Waals surface area contributed by atoms with Crippen molar-refractivity contribution < 1.29 is 9.59 Å². The summed E-state index contributed by atoms with van der Waals surface area (Å²) in [6.45, 7) is 0. The van der Waals surface area contributed by atoms with E-state index in [1.807, 2.05) is 0 Å². The van der Waals surface area contributed by atoms with E-state index in [2.05, 4.69) is 10.4 Å². The summed E-state index contributed by atoms with van der Waals surface area (Å²) in [5, 5.41) is 6.85. The van der Waals surface area contributed by atoms with E-state index in [-0.39, 0.29) is 12.3 Å². The van der Waals surface area contributed by atoms with Crippen LogP contribution in [-0.4, -0.2) is 27.1 Å². The Kier molecular flexibility index (Phi) is 3.87. The molecule has 0 bridgehead atoms. The summed E-state index contributed by atoms with van der Waals surface area (Å²) in [5.41, 5.74) is 5.46. The van der Waals surface area contributed by atoms with Crippen molar-refractivity contribution in [1.82, 2.24) is 15.1 Å². The number of nitrogens with two attached hydrogens (primary N) is 1. The molecular formula is C13H20N4O2. The minimum atomic E-state index is -0.850. The van der Waals surface area contributed by atoms with Crippen LogP contribution >= 0.6 is 0 Å². The fraction of sp³-hybridized carbons (Fsp3) is 0.615. The van der Waals surface area contributed by atoms with E-state index in [0.29, 0.717) is 12.8 Å². The van der Waals surface area contributed by atoms with Crippen molar-refractivity contribution in [3.63, 3.8) is 0 Å². The summed E-state index contributed by atoms with van der Waals surface area (Å²) in [7, 11) is 1.80. The van der Waals surface area contributed by atoms with Gasteiger partial charge in [-0.15, -0.1) is 0 Å². The number of aryl methyl sites for hydroxylation is 1. The van der Waals surface area contributed by atoms with E-state index in [4.69, 9.17) is 5.73 Å². The Bertz CT molecular complexity index is 475. The summed E-state index contributed by atoms with van der Waals surface area (Å²) >= 11 is 0. The number of nitrogens with zero attached hydrogens (tertiary/aromatic N) is 2. The molecule has 6 nitrogen and oxygen atoms in total. The zero-order chi connectivity index (χ0) is 13.9. The number of rotatable bonds is 4. The Morgan fingerprint density at radius 2 is 2.11 bits per heavy atom. The molecular weight excluding hydrogens is 244 g/mol. The highest BCUT2D eigenvalue weighted by Gasteiger charge is 2.39. The SMILES string of the molecule is Cn1cc(CC(=O)NC2(C(N)=O)CCCCC2)cn1. The van der Waals surface area contributed by atoms with Crippen LogP contribution in [0.15, 0.2) is 12.4 Å². The van der Waals surface area contributed by atoms with Crippen LogP contribution in [0.5, 0.6) is 0 Å². The van der Waals surface area contributed by atoms with Crippen LogP contribution in [0.25, 0.3) is 0 Å². The maximum Gasteiger partial charge on any atom is 0.243 e. The zero-order valence-corrected chi connectivity index (χ0v) is 11.2. The molecule has 0 spiro atoms. The average Bonchev–Trinajstić information content (AvgIpc) is 2.75. The Morgan fingerprint density at radius 3 is 2.63 bits per heavy atom. The second-order valence-electron chi connectivity index (χ2n) is 5.25. The number of amides is 2. The lowest BCUT2D eigenvalue weighted by Gasteiger charge is -2.35. The van der Waals surface area contributed by atoms with Crippen LogP contribution in [0.2, 0.25) is 0 Å². The van der Waals surface area contributed by atoms with Gasteiger partial charge in [0.15, 0.2) is 0 Å². The lowest BCUT2D eigenvalue weighted by atomic mass is 9.81. The highest BCUT2D eigenvalue weighted by atomic mass is 16.2. The predicted octanol–water partition coefficient (Wildman–Crippen LogP) is 0.267. The van der Waals surface area contributed by atoms with Crippen molar-refractivity contribution in [3.05, 3.63) is 18.0 Å². The van der Waals surface area contributed by atoms with Crippen LogP contribution in [0.3, 0.4) is 0 Å². The molecule has 0 radical (unpaired) electrons. The van der Waals surface area contributed by atoms with Crippen LogP contribution in [0.4, 0.5) is 0 Å².